The van der Waals surface area contributed by atoms with Crippen LogP contribution in [-0.4, -0.2) is 27.4 Å². The fourth-order valence-electron chi connectivity index (χ4n) is 2.81. The summed E-state index contributed by atoms with van der Waals surface area (Å²) in [5, 5.41) is 0. The summed E-state index contributed by atoms with van der Waals surface area (Å²) >= 11 is 0. The number of sulfone groups is 1. The van der Waals surface area contributed by atoms with Crippen LogP contribution in [-0.2, 0) is 33.0 Å². The molecule has 0 amide bonds. The first-order valence-electron chi connectivity index (χ1n) is 8.65. The summed E-state index contributed by atoms with van der Waals surface area (Å²) < 4.78 is 51.3. The van der Waals surface area contributed by atoms with Crippen molar-refractivity contribution in [2.24, 2.45) is 0 Å². The van der Waals surface area contributed by atoms with Crippen molar-refractivity contribution < 1.29 is 16.8 Å². The van der Waals surface area contributed by atoms with E-state index in [1.165, 1.54) is 28.6 Å². The minimum atomic E-state index is -3.82. The molecule has 0 saturated heterocycles. The molecule has 5 nitrogen and oxygen atoms in total. The molecule has 0 radical (unpaired) electrons. The van der Waals surface area contributed by atoms with E-state index in [0.717, 1.165) is 17.4 Å². The number of benzene rings is 3. The van der Waals surface area contributed by atoms with E-state index in [1.807, 2.05) is 60.7 Å². The molecule has 0 saturated carbocycles. The molecule has 3 rings (SSSR count). The van der Waals surface area contributed by atoms with Crippen molar-refractivity contribution in [3.8, 4) is 0 Å². The SMILES string of the molecule is CS(=O)(=O)c1ccc(S(=O)(=O)N(Cc2ccccc2)Cc2ccccc2)cc1. The summed E-state index contributed by atoms with van der Waals surface area (Å²) in [6.45, 7) is 0.428. The average Bonchev–Trinajstić information content (AvgIpc) is 2.68. The second-order valence-corrected chi connectivity index (χ2v) is 10.4. The van der Waals surface area contributed by atoms with Gasteiger partial charge in [-0.15, -0.1) is 0 Å². The van der Waals surface area contributed by atoms with E-state index in [-0.39, 0.29) is 22.9 Å². The Balaban J connectivity index is 1.97. The van der Waals surface area contributed by atoms with Crippen LogP contribution < -0.4 is 0 Å². The van der Waals surface area contributed by atoms with Crippen molar-refractivity contribution in [1.82, 2.24) is 4.31 Å². The van der Waals surface area contributed by atoms with Gasteiger partial charge in [0.25, 0.3) is 0 Å². The maximum absolute atomic E-state index is 13.3. The van der Waals surface area contributed by atoms with Gasteiger partial charge in [-0.05, 0) is 35.4 Å². The second-order valence-electron chi connectivity index (χ2n) is 6.49. The smallest absolute Gasteiger partial charge is 0.224 e. The average molecular weight is 416 g/mol. The van der Waals surface area contributed by atoms with Crippen LogP contribution in [0.5, 0.6) is 0 Å². The van der Waals surface area contributed by atoms with Gasteiger partial charge in [0.1, 0.15) is 0 Å². The van der Waals surface area contributed by atoms with Gasteiger partial charge in [-0.25, -0.2) is 16.8 Å². The number of hydrogen-bond donors (Lipinski definition) is 0. The zero-order chi connectivity index (χ0) is 20.2. The van der Waals surface area contributed by atoms with Crippen LogP contribution in [0.1, 0.15) is 11.1 Å². The van der Waals surface area contributed by atoms with Gasteiger partial charge in [0.15, 0.2) is 9.84 Å². The molecule has 0 aliphatic rings. The normalized spacial score (nSPS) is 12.2. The monoisotopic (exact) mass is 415 g/mol. The molecular formula is C21H21NO4S2. The summed E-state index contributed by atoms with van der Waals surface area (Å²) in [5.74, 6) is 0. The maximum atomic E-state index is 13.3. The highest BCUT2D eigenvalue weighted by Gasteiger charge is 2.25. The van der Waals surface area contributed by atoms with Crippen molar-refractivity contribution in [1.29, 1.82) is 0 Å². The summed E-state index contributed by atoms with van der Waals surface area (Å²) in [6, 6.07) is 24.1. The van der Waals surface area contributed by atoms with E-state index in [2.05, 4.69) is 0 Å². The van der Waals surface area contributed by atoms with Crippen LogP contribution in [0.2, 0.25) is 0 Å². The number of nitrogens with zero attached hydrogens (tertiary/aromatic N) is 1. The standard InChI is InChI=1S/C21H21NO4S2/c1-27(23,24)20-12-14-21(15-13-20)28(25,26)22(16-18-8-4-2-5-9-18)17-19-10-6-3-7-11-19/h2-15H,16-17H2,1H3. The molecule has 28 heavy (non-hydrogen) atoms. The Morgan fingerprint density at radius 2 is 1.00 bits per heavy atom. The van der Waals surface area contributed by atoms with Gasteiger partial charge in [0.05, 0.1) is 9.79 Å². The van der Waals surface area contributed by atoms with Gasteiger partial charge in [-0.2, -0.15) is 4.31 Å². The third-order valence-corrected chi connectivity index (χ3v) is 7.23. The largest absolute Gasteiger partial charge is 0.243 e. The second kappa shape index (κ2) is 8.26. The molecule has 0 aliphatic carbocycles. The predicted octanol–water partition coefficient (Wildman–Crippen LogP) is 3.48. The highest BCUT2D eigenvalue weighted by molar-refractivity contribution is 7.90. The van der Waals surface area contributed by atoms with Crippen LogP contribution in [0.15, 0.2) is 94.7 Å². The topological polar surface area (TPSA) is 71.5 Å². The number of rotatable bonds is 7. The van der Waals surface area contributed by atoms with Crippen molar-refractivity contribution in [3.05, 3.63) is 96.1 Å². The van der Waals surface area contributed by atoms with Crippen LogP contribution in [0.3, 0.4) is 0 Å². The number of hydrogen-bond acceptors (Lipinski definition) is 4. The lowest BCUT2D eigenvalue weighted by atomic mass is 10.2. The molecule has 146 valence electrons. The molecule has 0 atom stereocenters. The van der Waals surface area contributed by atoms with Crippen molar-refractivity contribution >= 4 is 19.9 Å². The Morgan fingerprint density at radius 1 is 0.607 bits per heavy atom. The Hall–Kier alpha value is -2.48. The lowest BCUT2D eigenvalue weighted by molar-refractivity contribution is 0.401. The highest BCUT2D eigenvalue weighted by Crippen LogP contribution is 2.22. The number of sulfonamides is 1. The van der Waals surface area contributed by atoms with Crippen LogP contribution in [0.25, 0.3) is 0 Å². The van der Waals surface area contributed by atoms with Gasteiger partial charge in [0, 0.05) is 19.3 Å². The Labute approximate surface area is 166 Å². The molecule has 0 heterocycles. The van der Waals surface area contributed by atoms with E-state index in [0.29, 0.717) is 0 Å². The first-order valence-corrected chi connectivity index (χ1v) is 12.0. The molecule has 3 aromatic carbocycles. The third-order valence-electron chi connectivity index (χ3n) is 4.29. The minimum absolute atomic E-state index is 0.0618. The lowest BCUT2D eigenvalue weighted by Gasteiger charge is -2.23. The van der Waals surface area contributed by atoms with Crippen molar-refractivity contribution in [2.75, 3.05) is 6.26 Å². The van der Waals surface area contributed by atoms with Gasteiger partial charge in [-0.1, -0.05) is 60.7 Å². The maximum Gasteiger partial charge on any atom is 0.243 e. The van der Waals surface area contributed by atoms with Gasteiger partial charge >= 0.3 is 0 Å². The first kappa shape index (κ1) is 20.3. The summed E-state index contributed by atoms with van der Waals surface area (Å²) in [7, 11) is -7.21. The van der Waals surface area contributed by atoms with E-state index >= 15 is 0 Å². The van der Waals surface area contributed by atoms with Crippen molar-refractivity contribution in [2.45, 2.75) is 22.9 Å². The van der Waals surface area contributed by atoms with E-state index in [4.69, 9.17) is 0 Å². The highest BCUT2D eigenvalue weighted by atomic mass is 32.2. The van der Waals surface area contributed by atoms with E-state index in [1.54, 1.807) is 0 Å². The molecule has 3 aromatic rings. The summed E-state index contributed by atoms with van der Waals surface area (Å²) in [5.41, 5.74) is 1.74. The molecule has 7 heteroatoms. The summed E-state index contributed by atoms with van der Waals surface area (Å²) in [4.78, 5) is 0.149. The molecular weight excluding hydrogens is 394 g/mol. The summed E-state index contributed by atoms with van der Waals surface area (Å²) in [6.07, 6.45) is 1.09. The van der Waals surface area contributed by atoms with Gasteiger partial charge in [0.2, 0.25) is 10.0 Å². The Morgan fingerprint density at radius 3 is 1.39 bits per heavy atom. The minimum Gasteiger partial charge on any atom is -0.224 e. The lowest BCUT2D eigenvalue weighted by Crippen LogP contribution is -2.30. The van der Waals surface area contributed by atoms with Gasteiger partial charge in [-0.3, -0.25) is 0 Å². The Kier molecular flexibility index (Phi) is 5.98. The zero-order valence-corrected chi connectivity index (χ0v) is 17.0. The fourth-order valence-corrected chi connectivity index (χ4v) is 4.85. The molecule has 0 unspecified atom stereocenters. The van der Waals surface area contributed by atoms with Crippen LogP contribution >= 0.6 is 0 Å². The van der Waals surface area contributed by atoms with Crippen molar-refractivity contribution in [3.63, 3.8) is 0 Å². The molecule has 0 fully saturated rings. The zero-order valence-electron chi connectivity index (χ0n) is 15.4. The van der Waals surface area contributed by atoms with E-state index in [9.17, 15) is 16.8 Å². The predicted molar refractivity (Wildman–Crippen MR) is 109 cm³/mol. The van der Waals surface area contributed by atoms with Gasteiger partial charge < -0.3 is 0 Å². The molecule has 0 aromatic heterocycles. The molecule has 0 N–H and O–H groups in total. The molecule has 0 spiro atoms. The first-order chi connectivity index (χ1) is 13.3. The van der Waals surface area contributed by atoms with E-state index < -0.39 is 19.9 Å². The molecule has 0 aliphatic heterocycles. The van der Waals surface area contributed by atoms with Crippen LogP contribution in [0.4, 0.5) is 0 Å². The quantitative estimate of drug-likeness (QED) is 0.592. The third kappa shape index (κ3) is 4.86. The van der Waals surface area contributed by atoms with Crippen LogP contribution in [0, 0.1) is 0 Å². The Bertz CT molecular complexity index is 1080. The molecule has 0 bridgehead atoms. The fraction of sp³-hybridized carbons (Fsp3) is 0.143.